The number of nitrogens with zero attached hydrogens (tertiary/aromatic N) is 5. The molecule has 0 saturated carbocycles. The molecule has 1 aliphatic heterocycles. The summed E-state index contributed by atoms with van der Waals surface area (Å²) in [5.41, 5.74) is 1.06. The third-order valence-electron chi connectivity index (χ3n) is 5.86. The van der Waals surface area contributed by atoms with Crippen LogP contribution in [0.5, 0.6) is 0 Å². The van der Waals surface area contributed by atoms with Crippen LogP contribution in [0.15, 0.2) is 42.9 Å². The molecule has 1 atom stereocenters. The summed E-state index contributed by atoms with van der Waals surface area (Å²) in [5.74, 6) is -0.918. The number of carbonyl (C=O) groups excluding carboxylic acids is 2. The Labute approximate surface area is 184 Å². The number of carbonyl (C=O) groups is 2. The van der Waals surface area contributed by atoms with Crippen molar-refractivity contribution < 1.29 is 18.4 Å². The highest BCUT2D eigenvalue weighted by atomic mass is 19.1. The molecule has 1 aromatic carbocycles. The molecule has 1 saturated heterocycles. The molecule has 0 radical (unpaired) electrons. The third-order valence-corrected chi connectivity index (χ3v) is 5.86. The predicted molar refractivity (Wildman–Crippen MR) is 114 cm³/mol. The zero-order valence-electron chi connectivity index (χ0n) is 17.7. The average Bonchev–Trinajstić information content (AvgIpc) is 3.08. The Morgan fingerprint density at radius 3 is 2.72 bits per heavy atom. The minimum atomic E-state index is -0.526. The second kappa shape index (κ2) is 9.84. The topological polar surface area (TPSA) is 70.8 Å². The molecule has 2 amide bonds. The van der Waals surface area contributed by atoms with Crippen molar-refractivity contribution >= 4 is 18.1 Å². The van der Waals surface area contributed by atoms with E-state index in [9.17, 15) is 18.4 Å². The lowest BCUT2D eigenvalue weighted by Gasteiger charge is -2.32. The number of fused-ring (bicyclic) bond motifs is 1. The molecule has 0 bridgehead atoms. The Bertz CT molecular complexity index is 1090. The van der Waals surface area contributed by atoms with Gasteiger partial charge in [0.2, 0.25) is 12.2 Å². The summed E-state index contributed by atoms with van der Waals surface area (Å²) in [6.45, 7) is 1.42. The minimum absolute atomic E-state index is 0.0835. The first kappa shape index (κ1) is 21.9. The molecule has 0 spiro atoms. The molecule has 0 aliphatic carbocycles. The van der Waals surface area contributed by atoms with E-state index in [1.54, 1.807) is 21.9 Å². The molecule has 1 aliphatic rings. The van der Waals surface area contributed by atoms with Gasteiger partial charge in [-0.1, -0.05) is 25.0 Å². The van der Waals surface area contributed by atoms with Crippen LogP contribution in [0.3, 0.4) is 0 Å². The largest absolute Gasteiger partial charge is 0.341 e. The molecular formula is C23H25F2N5O2. The Morgan fingerprint density at radius 1 is 1.12 bits per heavy atom. The van der Waals surface area contributed by atoms with E-state index < -0.39 is 5.82 Å². The van der Waals surface area contributed by atoms with E-state index in [-0.39, 0.29) is 29.2 Å². The SMILES string of the molecule is O=CN1CCCCCC1CN(CCc1ccc(F)cc1)C(=O)c1cn2cc(F)cnc2n1. The number of amides is 2. The molecule has 3 heterocycles. The highest BCUT2D eigenvalue weighted by Crippen LogP contribution is 2.18. The van der Waals surface area contributed by atoms with Crippen LogP contribution in [0.1, 0.15) is 41.7 Å². The first-order valence-electron chi connectivity index (χ1n) is 10.8. The Kier molecular flexibility index (Phi) is 6.72. The van der Waals surface area contributed by atoms with Gasteiger partial charge in [0.25, 0.3) is 5.91 Å². The van der Waals surface area contributed by atoms with E-state index in [0.29, 0.717) is 26.1 Å². The van der Waals surface area contributed by atoms with Crippen molar-refractivity contribution in [2.45, 2.75) is 38.1 Å². The fourth-order valence-electron chi connectivity index (χ4n) is 4.10. The number of aromatic nitrogens is 3. The van der Waals surface area contributed by atoms with Crippen molar-refractivity contribution in [1.82, 2.24) is 24.2 Å². The Morgan fingerprint density at radius 2 is 1.94 bits per heavy atom. The average molecular weight is 441 g/mol. The van der Waals surface area contributed by atoms with Gasteiger partial charge in [-0.25, -0.2) is 18.7 Å². The van der Waals surface area contributed by atoms with Crippen molar-refractivity contribution in [1.29, 1.82) is 0 Å². The quantitative estimate of drug-likeness (QED) is 0.529. The van der Waals surface area contributed by atoms with Crippen LogP contribution in [0.2, 0.25) is 0 Å². The molecule has 9 heteroatoms. The van der Waals surface area contributed by atoms with Gasteiger partial charge in [0.05, 0.1) is 6.20 Å². The van der Waals surface area contributed by atoms with E-state index in [4.69, 9.17) is 0 Å². The zero-order valence-corrected chi connectivity index (χ0v) is 17.7. The molecule has 4 rings (SSSR count). The number of hydrogen-bond donors (Lipinski definition) is 0. The van der Waals surface area contributed by atoms with Gasteiger partial charge < -0.3 is 9.80 Å². The normalized spacial score (nSPS) is 16.7. The van der Waals surface area contributed by atoms with Crippen molar-refractivity contribution in [2.24, 2.45) is 0 Å². The van der Waals surface area contributed by atoms with Crippen LogP contribution in [0.25, 0.3) is 5.78 Å². The molecule has 1 unspecified atom stereocenters. The van der Waals surface area contributed by atoms with Gasteiger partial charge in [-0.2, -0.15) is 0 Å². The number of imidazole rings is 1. The third kappa shape index (κ3) is 5.09. The van der Waals surface area contributed by atoms with Crippen molar-refractivity contribution in [3.05, 3.63) is 65.7 Å². The van der Waals surface area contributed by atoms with Crippen LogP contribution in [-0.2, 0) is 11.2 Å². The fourth-order valence-corrected chi connectivity index (χ4v) is 4.10. The van der Waals surface area contributed by atoms with Crippen molar-refractivity contribution in [2.75, 3.05) is 19.6 Å². The van der Waals surface area contributed by atoms with Gasteiger partial charge in [0.1, 0.15) is 11.5 Å². The fraction of sp³-hybridized carbons (Fsp3) is 0.391. The van der Waals surface area contributed by atoms with Crippen LogP contribution < -0.4 is 0 Å². The predicted octanol–water partition coefficient (Wildman–Crippen LogP) is 3.09. The maximum absolute atomic E-state index is 13.5. The second-order valence-corrected chi connectivity index (χ2v) is 8.08. The lowest BCUT2D eigenvalue weighted by atomic mass is 10.1. The first-order valence-corrected chi connectivity index (χ1v) is 10.8. The van der Waals surface area contributed by atoms with Crippen LogP contribution in [-0.4, -0.2) is 62.2 Å². The number of benzene rings is 1. The summed E-state index contributed by atoms with van der Waals surface area (Å²) in [4.78, 5) is 36.6. The zero-order chi connectivity index (χ0) is 22.5. The van der Waals surface area contributed by atoms with Crippen molar-refractivity contribution in [3.63, 3.8) is 0 Å². The van der Waals surface area contributed by atoms with Gasteiger partial charge in [-0.05, 0) is 37.0 Å². The van der Waals surface area contributed by atoms with Gasteiger partial charge >= 0.3 is 0 Å². The highest BCUT2D eigenvalue weighted by Gasteiger charge is 2.26. The van der Waals surface area contributed by atoms with Gasteiger partial charge in [0, 0.05) is 38.1 Å². The van der Waals surface area contributed by atoms with E-state index in [1.165, 1.54) is 28.9 Å². The standard InChI is InChI=1S/C23H25F2N5O2/c24-18-7-5-17(6-8-18)9-11-28(14-20-4-2-1-3-10-29(20)16-31)22(32)21-15-30-13-19(25)12-26-23(30)27-21/h5-8,12-13,15-16,20H,1-4,9-11,14H2. The van der Waals surface area contributed by atoms with Crippen LogP contribution in [0.4, 0.5) is 8.78 Å². The highest BCUT2D eigenvalue weighted by molar-refractivity contribution is 5.92. The number of likely N-dealkylation sites (tertiary alicyclic amines) is 1. The number of hydrogen-bond acceptors (Lipinski definition) is 4. The summed E-state index contributed by atoms with van der Waals surface area (Å²) >= 11 is 0. The molecule has 7 nitrogen and oxygen atoms in total. The smallest absolute Gasteiger partial charge is 0.274 e. The molecular weight excluding hydrogens is 416 g/mol. The van der Waals surface area contributed by atoms with Gasteiger partial charge in [-0.3, -0.25) is 14.0 Å². The van der Waals surface area contributed by atoms with E-state index in [1.807, 2.05) is 0 Å². The van der Waals surface area contributed by atoms with E-state index >= 15 is 0 Å². The maximum atomic E-state index is 13.5. The lowest BCUT2D eigenvalue weighted by molar-refractivity contribution is -0.120. The first-order chi connectivity index (χ1) is 15.5. The van der Waals surface area contributed by atoms with Crippen LogP contribution in [0, 0.1) is 11.6 Å². The molecule has 168 valence electrons. The molecule has 0 N–H and O–H groups in total. The van der Waals surface area contributed by atoms with Crippen molar-refractivity contribution in [3.8, 4) is 0 Å². The van der Waals surface area contributed by atoms with E-state index in [0.717, 1.165) is 43.9 Å². The summed E-state index contributed by atoms with van der Waals surface area (Å²) < 4.78 is 28.1. The molecule has 32 heavy (non-hydrogen) atoms. The monoisotopic (exact) mass is 441 g/mol. The molecule has 3 aromatic rings. The van der Waals surface area contributed by atoms with Gasteiger partial charge in [0.15, 0.2) is 5.82 Å². The summed E-state index contributed by atoms with van der Waals surface area (Å²) in [6, 6.07) is 6.09. The molecule has 1 fully saturated rings. The number of halogens is 2. The van der Waals surface area contributed by atoms with Crippen LogP contribution >= 0.6 is 0 Å². The summed E-state index contributed by atoms with van der Waals surface area (Å²) in [5, 5.41) is 0. The van der Waals surface area contributed by atoms with E-state index in [2.05, 4.69) is 9.97 Å². The summed E-state index contributed by atoms with van der Waals surface area (Å²) in [6.07, 6.45) is 8.92. The second-order valence-electron chi connectivity index (χ2n) is 8.08. The summed E-state index contributed by atoms with van der Waals surface area (Å²) in [7, 11) is 0. The number of rotatable bonds is 7. The Balaban J connectivity index is 1.57. The minimum Gasteiger partial charge on any atom is -0.341 e. The van der Waals surface area contributed by atoms with Gasteiger partial charge in [-0.15, -0.1) is 0 Å². The Hall–Kier alpha value is -3.36. The lowest BCUT2D eigenvalue weighted by Crippen LogP contribution is -2.46. The molecule has 2 aromatic heterocycles. The maximum Gasteiger partial charge on any atom is 0.274 e.